The molecule has 4 rings (SSSR count). The molecule has 0 amide bonds. The summed E-state index contributed by atoms with van der Waals surface area (Å²) in [7, 11) is 0. The second-order valence-electron chi connectivity index (χ2n) is 9.41. The molecule has 0 aromatic heterocycles. The van der Waals surface area contributed by atoms with Crippen molar-refractivity contribution in [3.05, 3.63) is 65.2 Å². The van der Waals surface area contributed by atoms with Crippen LogP contribution in [-0.4, -0.2) is 42.3 Å². The van der Waals surface area contributed by atoms with Crippen LogP contribution in [0.2, 0.25) is 0 Å². The molecule has 1 fully saturated rings. The van der Waals surface area contributed by atoms with Crippen LogP contribution in [0.1, 0.15) is 48.3 Å². The maximum atomic E-state index is 14.1. The van der Waals surface area contributed by atoms with E-state index in [4.69, 9.17) is 11.1 Å². The van der Waals surface area contributed by atoms with Crippen molar-refractivity contribution in [1.82, 2.24) is 10.0 Å². The number of rotatable bonds is 8. The maximum absolute atomic E-state index is 14.1. The van der Waals surface area contributed by atoms with E-state index in [2.05, 4.69) is 22.2 Å². The number of ketones is 1. The number of piperidine rings is 1. The highest BCUT2D eigenvalue weighted by atomic mass is 32.2. The Balaban J connectivity index is 1.63. The van der Waals surface area contributed by atoms with Crippen LogP contribution >= 0.6 is 11.9 Å². The number of nitrogen functional groups attached to an aromatic ring is 1. The number of carbonyl (C=O) groups excluding carboxylic acids is 1. The highest BCUT2D eigenvalue weighted by Gasteiger charge is 2.37. The number of hydrogen-bond donors (Lipinski definition) is 5. The quantitative estimate of drug-likeness (QED) is 0.223. The molecule has 34 heavy (non-hydrogen) atoms. The number of Topliss-reactive ketones (excluding diaryl/α,β-unsaturated/α-hetero) is 1. The molecular formula is C26H32N4O3S. The Morgan fingerprint density at radius 2 is 1.97 bits per heavy atom. The molecule has 0 bridgehead atoms. The summed E-state index contributed by atoms with van der Waals surface area (Å²) in [6.07, 6.45) is 1.12. The Labute approximate surface area is 204 Å². The molecule has 6 N–H and O–H groups in total. The summed E-state index contributed by atoms with van der Waals surface area (Å²) >= 11 is 1.60. The molecule has 180 valence electrons. The van der Waals surface area contributed by atoms with Gasteiger partial charge in [0.15, 0.2) is 0 Å². The van der Waals surface area contributed by atoms with E-state index < -0.39 is 17.8 Å². The van der Waals surface area contributed by atoms with Crippen LogP contribution in [0.25, 0.3) is 0 Å². The first-order valence-electron chi connectivity index (χ1n) is 11.7. The van der Waals surface area contributed by atoms with Gasteiger partial charge in [0.25, 0.3) is 0 Å². The molecule has 5 atom stereocenters. The van der Waals surface area contributed by atoms with Crippen LogP contribution in [0.3, 0.4) is 0 Å². The van der Waals surface area contributed by atoms with E-state index in [0.717, 1.165) is 10.5 Å². The molecule has 2 aliphatic rings. The molecule has 2 aromatic carbocycles. The number of carbonyl (C=O) groups is 2. The summed E-state index contributed by atoms with van der Waals surface area (Å²) in [5, 5.41) is 20.6. The van der Waals surface area contributed by atoms with Crippen molar-refractivity contribution in [2.75, 3.05) is 19.6 Å². The standard InChI is InChI=1S/C26H32N4O3S/c1-15(22-14-30-34-23-8-3-2-7-20(22)23)24(31)21(17-5-4-6-18(11-17)25(27)28)10-16-9-19(26(32)33)13-29-12-16/h2-8,11,15-16,19,21-22,29-30H,9-10,12-14H2,1H3,(H3,27,28)(H,32,33). The van der Waals surface area contributed by atoms with Gasteiger partial charge < -0.3 is 16.2 Å². The van der Waals surface area contributed by atoms with Crippen molar-refractivity contribution in [2.45, 2.75) is 36.5 Å². The van der Waals surface area contributed by atoms with Gasteiger partial charge in [-0.3, -0.25) is 19.7 Å². The highest BCUT2D eigenvalue weighted by Crippen LogP contribution is 2.40. The van der Waals surface area contributed by atoms with Crippen LogP contribution in [0, 0.1) is 23.2 Å². The minimum atomic E-state index is -0.797. The van der Waals surface area contributed by atoms with E-state index in [1.165, 1.54) is 5.56 Å². The molecule has 2 heterocycles. The van der Waals surface area contributed by atoms with Crippen molar-refractivity contribution in [3.8, 4) is 0 Å². The lowest BCUT2D eigenvalue weighted by atomic mass is 9.74. The van der Waals surface area contributed by atoms with E-state index in [-0.39, 0.29) is 29.4 Å². The summed E-state index contributed by atoms with van der Waals surface area (Å²) in [4.78, 5) is 26.8. The molecule has 0 spiro atoms. The van der Waals surface area contributed by atoms with Crippen LogP contribution < -0.4 is 15.8 Å². The van der Waals surface area contributed by atoms with E-state index >= 15 is 0 Å². The van der Waals surface area contributed by atoms with Crippen molar-refractivity contribution in [2.24, 2.45) is 23.5 Å². The van der Waals surface area contributed by atoms with Crippen molar-refractivity contribution in [3.63, 3.8) is 0 Å². The van der Waals surface area contributed by atoms with Gasteiger partial charge in [-0.15, -0.1) is 0 Å². The second kappa shape index (κ2) is 10.7. The van der Waals surface area contributed by atoms with Gasteiger partial charge in [0.05, 0.1) is 5.92 Å². The van der Waals surface area contributed by atoms with Crippen LogP contribution in [0.15, 0.2) is 53.4 Å². The number of carboxylic acid groups (broad SMARTS) is 1. The third-order valence-electron chi connectivity index (χ3n) is 7.16. The lowest BCUT2D eigenvalue weighted by molar-refractivity contribution is -0.142. The number of nitrogens with one attached hydrogen (secondary N) is 3. The zero-order chi connectivity index (χ0) is 24.2. The van der Waals surface area contributed by atoms with Gasteiger partial charge >= 0.3 is 5.97 Å². The Morgan fingerprint density at radius 3 is 2.74 bits per heavy atom. The van der Waals surface area contributed by atoms with E-state index in [1.54, 1.807) is 18.0 Å². The Kier molecular flexibility index (Phi) is 7.70. The number of amidine groups is 1. The minimum absolute atomic E-state index is 0.0335. The van der Waals surface area contributed by atoms with Gasteiger partial charge in [0, 0.05) is 41.3 Å². The fourth-order valence-corrected chi connectivity index (χ4v) is 6.13. The summed E-state index contributed by atoms with van der Waals surface area (Å²) in [6, 6.07) is 15.6. The van der Waals surface area contributed by atoms with Gasteiger partial charge in [-0.2, -0.15) is 0 Å². The first-order valence-corrected chi connectivity index (χ1v) is 12.6. The minimum Gasteiger partial charge on any atom is -0.481 e. The van der Waals surface area contributed by atoms with Gasteiger partial charge in [-0.1, -0.05) is 43.3 Å². The summed E-state index contributed by atoms with van der Waals surface area (Å²) in [5.74, 6) is -1.62. The van der Waals surface area contributed by atoms with Gasteiger partial charge in [-0.25, -0.2) is 0 Å². The number of hydrogen-bond acceptors (Lipinski definition) is 6. The summed E-state index contributed by atoms with van der Waals surface area (Å²) in [6.45, 7) is 3.87. The third-order valence-corrected chi connectivity index (χ3v) is 8.06. The summed E-state index contributed by atoms with van der Waals surface area (Å²) < 4.78 is 3.37. The number of aliphatic carboxylic acids is 1. The molecule has 8 heteroatoms. The zero-order valence-corrected chi connectivity index (χ0v) is 20.1. The van der Waals surface area contributed by atoms with E-state index in [1.807, 2.05) is 37.3 Å². The average molecular weight is 481 g/mol. The predicted octanol–water partition coefficient (Wildman–Crippen LogP) is 3.35. The Morgan fingerprint density at radius 1 is 1.18 bits per heavy atom. The fraction of sp³-hybridized carbons (Fsp3) is 0.423. The van der Waals surface area contributed by atoms with Crippen LogP contribution in [-0.2, 0) is 9.59 Å². The van der Waals surface area contributed by atoms with Crippen molar-refractivity contribution in [1.29, 1.82) is 5.41 Å². The maximum Gasteiger partial charge on any atom is 0.307 e. The number of nitrogens with two attached hydrogens (primary N) is 1. The van der Waals surface area contributed by atoms with Gasteiger partial charge in [-0.05, 0) is 60.5 Å². The van der Waals surface area contributed by atoms with Crippen molar-refractivity contribution < 1.29 is 14.7 Å². The third kappa shape index (κ3) is 5.35. The van der Waals surface area contributed by atoms with Gasteiger partial charge in [0.1, 0.15) is 11.6 Å². The predicted molar refractivity (Wildman–Crippen MR) is 134 cm³/mol. The van der Waals surface area contributed by atoms with E-state index in [0.29, 0.717) is 38.0 Å². The molecule has 0 radical (unpaired) electrons. The van der Waals surface area contributed by atoms with Crippen LogP contribution in [0.4, 0.5) is 0 Å². The lowest BCUT2D eigenvalue weighted by Gasteiger charge is -2.34. The molecule has 5 unspecified atom stereocenters. The molecule has 2 aromatic rings. The van der Waals surface area contributed by atoms with Gasteiger partial charge in [0.2, 0.25) is 0 Å². The number of benzene rings is 2. The first kappa shape index (κ1) is 24.4. The highest BCUT2D eigenvalue weighted by molar-refractivity contribution is 7.97. The monoisotopic (exact) mass is 480 g/mol. The first-order chi connectivity index (χ1) is 16.3. The van der Waals surface area contributed by atoms with E-state index in [9.17, 15) is 14.7 Å². The second-order valence-corrected chi connectivity index (χ2v) is 10.3. The van der Waals surface area contributed by atoms with Crippen molar-refractivity contribution >= 4 is 29.5 Å². The average Bonchev–Trinajstić information content (AvgIpc) is 2.86. The smallest absolute Gasteiger partial charge is 0.307 e. The largest absolute Gasteiger partial charge is 0.481 e. The molecular weight excluding hydrogens is 448 g/mol. The molecule has 0 aliphatic carbocycles. The Hall–Kier alpha value is -2.68. The molecule has 2 aliphatic heterocycles. The molecule has 1 saturated heterocycles. The topological polar surface area (TPSA) is 128 Å². The molecule has 7 nitrogen and oxygen atoms in total. The Bertz CT molecular complexity index is 1080. The lowest BCUT2D eigenvalue weighted by Crippen LogP contribution is -2.41. The molecule has 0 saturated carbocycles. The zero-order valence-electron chi connectivity index (χ0n) is 19.3. The SMILES string of the molecule is CC(C(=O)C(CC1CNCC(C(=O)O)C1)c1cccc(C(=N)N)c1)C1CNSc2ccccc21. The van der Waals surface area contributed by atoms with Crippen LogP contribution in [0.5, 0.6) is 0 Å². The fourth-order valence-electron chi connectivity index (χ4n) is 5.23. The summed E-state index contributed by atoms with van der Waals surface area (Å²) in [5.41, 5.74) is 8.36. The normalized spacial score (nSPS) is 24.0. The number of fused-ring (bicyclic) bond motifs is 1. The number of carboxylic acids is 1.